The van der Waals surface area contributed by atoms with Crippen LogP contribution >= 0.6 is 21.6 Å². The van der Waals surface area contributed by atoms with Crippen LogP contribution in [0.25, 0.3) is 0 Å². The van der Waals surface area contributed by atoms with Gasteiger partial charge in [-0.2, -0.15) is 0 Å². The van der Waals surface area contributed by atoms with E-state index in [1.807, 2.05) is 4.90 Å². The summed E-state index contributed by atoms with van der Waals surface area (Å²) in [5.74, 6) is -1.13. The summed E-state index contributed by atoms with van der Waals surface area (Å²) in [6.07, 6.45) is 7.06. The van der Waals surface area contributed by atoms with E-state index in [1.54, 1.807) is 0 Å². The predicted molar refractivity (Wildman–Crippen MR) is 146 cm³/mol. The van der Waals surface area contributed by atoms with Crippen molar-refractivity contribution >= 4 is 51.2 Å². The molecule has 6 aliphatic rings. The highest BCUT2D eigenvalue weighted by atomic mass is 33.1. The molecule has 0 aromatic carbocycles. The van der Waals surface area contributed by atoms with Gasteiger partial charge in [0.1, 0.15) is 12.1 Å². The first-order valence-electron chi connectivity index (χ1n) is 14.0. The van der Waals surface area contributed by atoms with E-state index in [2.05, 4.69) is 16.0 Å². The summed E-state index contributed by atoms with van der Waals surface area (Å²) in [4.78, 5) is 65.5. The third-order valence-electron chi connectivity index (χ3n) is 9.20. The molecule has 13 heteroatoms. The lowest BCUT2D eigenvalue weighted by molar-refractivity contribution is -0.148. The lowest BCUT2D eigenvalue weighted by Gasteiger charge is -2.55. The SMILES string of the molecule is O=C(O)C[C@H]1CN2CCCC2C(=O)N[C@@H](C(=O)O)CSSC[C@H](NC(=O)C23CC4CC(CC(C4)C2)C3)C(=O)N1. The molecule has 6 rings (SSSR count). The number of hydrogen-bond donors (Lipinski definition) is 5. The molecule has 39 heavy (non-hydrogen) atoms. The molecule has 2 heterocycles. The quantitative estimate of drug-likeness (QED) is 0.296. The van der Waals surface area contributed by atoms with Crippen LogP contribution in [0.5, 0.6) is 0 Å². The molecule has 4 aliphatic carbocycles. The number of carboxylic acid groups (broad SMARTS) is 2. The standard InChI is InChI=1S/C26H38N4O7S2/c31-21(32)7-17-11-30-3-1-2-20(30)23(34)28-19(24(35)36)13-39-38-12-18(22(33)27-17)29-25(37)26-8-14-4-15(9-26)6-16(5-14)10-26/h14-20H,1-13H2,(H,27,33)(H,28,34)(H,29,37)(H,31,32)(H,35,36)/t14?,15?,16?,17-,18-,19+,20?,26?/m0/s1. The Bertz CT molecular complexity index is 976. The topological polar surface area (TPSA) is 165 Å². The van der Waals surface area contributed by atoms with Crippen molar-refractivity contribution < 1.29 is 34.2 Å². The molecule has 2 saturated heterocycles. The molecule has 11 nitrogen and oxygen atoms in total. The number of hydrogen-bond acceptors (Lipinski definition) is 8. The molecule has 0 radical (unpaired) electrons. The third kappa shape index (κ3) is 6.51. The van der Waals surface area contributed by atoms with Crippen molar-refractivity contribution in [3.8, 4) is 0 Å². The van der Waals surface area contributed by atoms with Gasteiger partial charge in [-0.3, -0.25) is 24.1 Å². The first-order valence-corrected chi connectivity index (χ1v) is 16.5. The van der Waals surface area contributed by atoms with Crippen molar-refractivity contribution in [1.82, 2.24) is 20.9 Å². The molecule has 6 fully saturated rings. The van der Waals surface area contributed by atoms with Crippen LogP contribution in [0.2, 0.25) is 0 Å². The number of carbonyl (C=O) groups is 5. The van der Waals surface area contributed by atoms with Crippen molar-refractivity contribution in [2.45, 2.75) is 82.0 Å². The zero-order valence-electron chi connectivity index (χ0n) is 21.9. The average Bonchev–Trinajstić information content (AvgIpc) is 3.31. The van der Waals surface area contributed by atoms with Gasteiger partial charge in [0.15, 0.2) is 0 Å². The van der Waals surface area contributed by atoms with Crippen molar-refractivity contribution in [3.05, 3.63) is 0 Å². The summed E-state index contributed by atoms with van der Waals surface area (Å²) < 4.78 is 0. The number of carbonyl (C=O) groups excluding carboxylic acids is 3. The molecule has 0 aromatic rings. The van der Waals surface area contributed by atoms with Crippen molar-refractivity contribution in [2.75, 3.05) is 24.6 Å². The Balaban J connectivity index is 1.34. The van der Waals surface area contributed by atoms with Crippen LogP contribution in [0.4, 0.5) is 0 Å². The number of nitrogens with zero attached hydrogens (tertiary/aromatic N) is 1. The number of nitrogens with one attached hydrogen (secondary N) is 3. The molecule has 216 valence electrons. The second-order valence-electron chi connectivity index (χ2n) is 12.1. The summed E-state index contributed by atoms with van der Waals surface area (Å²) in [5, 5.41) is 27.7. The van der Waals surface area contributed by atoms with Gasteiger partial charge < -0.3 is 26.2 Å². The Morgan fingerprint density at radius 3 is 2.21 bits per heavy atom. The highest BCUT2D eigenvalue weighted by Crippen LogP contribution is 2.60. The Morgan fingerprint density at radius 1 is 0.949 bits per heavy atom. The molecule has 4 saturated carbocycles. The fraction of sp³-hybridized carbons (Fsp3) is 0.808. The predicted octanol–water partition coefficient (Wildman–Crippen LogP) is 1.08. The van der Waals surface area contributed by atoms with Gasteiger partial charge in [0, 0.05) is 23.5 Å². The van der Waals surface area contributed by atoms with Gasteiger partial charge in [0.05, 0.1) is 18.5 Å². The summed E-state index contributed by atoms with van der Waals surface area (Å²) in [5.41, 5.74) is -0.437. The minimum absolute atomic E-state index is 0.0847. The number of rotatable bonds is 5. The molecule has 5 N–H and O–H groups in total. The van der Waals surface area contributed by atoms with Crippen LogP contribution in [0.1, 0.15) is 57.8 Å². The minimum Gasteiger partial charge on any atom is -0.481 e. The summed E-state index contributed by atoms with van der Waals surface area (Å²) >= 11 is 0. The second kappa shape index (κ2) is 11.9. The van der Waals surface area contributed by atoms with Gasteiger partial charge in [0.25, 0.3) is 0 Å². The number of aliphatic carboxylic acids is 2. The van der Waals surface area contributed by atoms with Gasteiger partial charge in [-0.05, 0) is 75.7 Å². The zero-order valence-corrected chi connectivity index (χ0v) is 23.6. The molecule has 2 aliphatic heterocycles. The Labute approximate surface area is 235 Å². The largest absolute Gasteiger partial charge is 0.481 e. The molecule has 0 aromatic heterocycles. The highest BCUT2D eigenvalue weighted by Gasteiger charge is 2.55. The normalized spacial score (nSPS) is 39.2. The first-order chi connectivity index (χ1) is 18.6. The van der Waals surface area contributed by atoms with Gasteiger partial charge in [-0.1, -0.05) is 21.6 Å². The van der Waals surface area contributed by atoms with Gasteiger partial charge >= 0.3 is 11.9 Å². The van der Waals surface area contributed by atoms with E-state index in [9.17, 15) is 34.2 Å². The minimum atomic E-state index is -1.14. The van der Waals surface area contributed by atoms with Crippen LogP contribution in [0, 0.1) is 23.2 Å². The van der Waals surface area contributed by atoms with Gasteiger partial charge in [-0.25, -0.2) is 4.79 Å². The average molecular weight is 583 g/mol. The molecule has 1 unspecified atom stereocenters. The lowest BCUT2D eigenvalue weighted by Crippen LogP contribution is -2.59. The number of amides is 3. The summed E-state index contributed by atoms with van der Waals surface area (Å²) in [6, 6.07) is -3.33. The van der Waals surface area contributed by atoms with Gasteiger partial charge in [-0.15, -0.1) is 0 Å². The van der Waals surface area contributed by atoms with Crippen LogP contribution in [-0.4, -0.2) is 93.5 Å². The maximum atomic E-state index is 13.7. The number of carboxylic acids is 2. The fourth-order valence-corrected chi connectivity index (χ4v) is 10.2. The Hall–Kier alpha value is -1.99. The molecule has 3 amide bonds. The van der Waals surface area contributed by atoms with Crippen molar-refractivity contribution in [3.63, 3.8) is 0 Å². The zero-order chi connectivity index (χ0) is 27.7. The fourth-order valence-electron chi connectivity index (χ4n) is 7.86. The first kappa shape index (κ1) is 28.5. The van der Waals surface area contributed by atoms with E-state index in [1.165, 1.54) is 40.9 Å². The monoisotopic (exact) mass is 582 g/mol. The molecular weight excluding hydrogens is 544 g/mol. The Morgan fingerprint density at radius 2 is 1.59 bits per heavy atom. The van der Waals surface area contributed by atoms with E-state index < -0.39 is 53.3 Å². The molecule has 0 spiro atoms. The van der Waals surface area contributed by atoms with Crippen LogP contribution in [0.3, 0.4) is 0 Å². The van der Waals surface area contributed by atoms with E-state index in [0.29, 0.717) is 37.1 Å². The summed E-state index contributed by atoms with van der Waals surface area (Å²) in [6.45, 7) is 0.685. The number of fused-ring (bicyclic) bond motifs is 1. The van der Waals surface area contributed by atoms with Crippen LogP contribution in [0.15, 0.2) is 0 Å². The maximum absolute atomic E-state index is 13.7. The lowest BCUT2D eigenvalue weighted by atomic mass is 9.49. The van der Waals surface area contributed by atoms with Crippen LogP contribution < -0.4 is 16.0 Å². The van der Waals surface area contributed by atoms with Gasteiger partial charge in [0.2, 0.25) is 17.7 Å². The second-order valence-corrected chi connectivity index (χ2v) is 14.7. The van der Waals surface area contributed by atoms with E-state index in [-0.39, 0.29) is 30.4 Å². The Kier molecular flexibility index (Phi) is 8.68. The summed E-state index contributed by atoms with van der Waals surface area (Å²) in [7, 11) is 2.50. The van der Waals surface area contributed by atoms with E-state index >= 15 is 0 Å². The van der Waals surface area contributed by atoms with Crippen molar-refractivity contribution in [2.24, 2.45) is 23.2 Å². The third-order valence-corrected chi connectivity index (χ3v) is 11.6. The van der Waals surface area contributed by atoms with Crippen molar-refractivity contribution in [1.29, 1.82) is 0 Å². The highest BCUT2D eigenvalue weighted by molar-refractivity contribution is 8.76. The van der Waals surface area contributed by atoms with E-state index in [0.717, 1.165) is 19.3 Å². The molecule has 4 bridgehead atoms. The smallest absolute Gasteiger partial charge is 0.327 e. The molecular formula is C26H38N4O7S2. The van der Waals surface area contributed by atoms with E-state index in [4.69, 9.17) is 0 Å². The maximum Gasteiger partial charge on any atom is 0.327 e. The molecule has 4 atom stereocenters. The van der Waals surface area contributed by atoms with Crippen LogP contribution in [-0.2, 0) is 24.0 Å².